The minimum atomic E-state index is -3.68. The summed E-state index contributed by atoms with van der Waals surface area (Å²) in [6.07, 6.45) is 0.0791. The summed E-state index contributed by atoms with van der Waals surface area (Å²) in [6, 6.07) is 12.0. The van der Waals surface area contributed by atoms with Gasteiger partial charge in [-0.1, -0.05) is 26.0 Å². The third-order valence-electron chi connectivity index (χ3n) is 5.55. The van der Waals surface area contributed by atoms with Crippen LogP contribution < -0.4 is 15.0 Å². The minimum Gasteiger partial charge on any atom is -0.495 e. The summed E-state index contributed by atoms with van der Waals surface area (Å²) in [5, 5.41) is 2.75. The molecule has 0 aliphatic carbocycles. The Kier molecular flexibility index (Phi) is 6.90. The van der Waals surface area contributed by atoms with Crippen LogP contribution in [0.3, 0.4) is 0 Å². The average molecular weight is 460 g/mol. The number of amides is 2. The highest BCUT2D eigenvalue weighted by molar-refractivity contribution is 7.89. The standard InChI is InChI=1S/C23H29N3O5S/c1-15(2)16-7-6-8-18(11-16)26-14-17(12-22(26)27)23(28)24-20-13-19(9-10-21(20)31-5)32(29,30)25(3)4/h6-11,13,15,17H,12,14H2,1-5H3,(H,24,28)/t17-/m1/s1. The number of methoxy groups -OCH3 is 1. The molecule has 0 bridgehead atoms. The topological polar surface area (TPSA) is 96.0 Å². The van der Waals surface area contributed by atoms with Gasteiger partial charge in [0.1, 0.15) is 5.75 Å². The van der Waals surface area contributed by atoms with Crippen molar-refractivity contribution in [3.63, 3.8) is 0 Å². The Hall–Kier alpha value is -2.91. The van der Waals surface area contributed by atoms with Gasteiger partial charge in [-0.3, -0.25) is 9.59 Å². The molecule has 0 radical (unpaired) electrons. The number of nitrogens with one attached hydrogen (secondary N) is 1. The predicted molar refractivity (Wildman–Crippen MR) is 123 cm³/mol. The maximum Gasteiger partial charge on any atom is 0.242 e. The van der Waals surface area contributed by atoms with Crippen LogP contribution >= 0.6 is 0 Å². The zero-order valence-electron chi connectivity index (χ0n) is 19.0. The van der Waals surface area contributed by atoms with Gasteiger partial charge in [0.15, 0.2) is 0 Å². The van der Waals surface area contributed by atoms with Crippen molar-refractivity contribution in [1.82, 2.24) is 4.31 Å². The summed E-state index contributed by atoms with van der Waals surface area (Å²) in [6.45, 7) is 4.42. The molecule has 2 amide bonds. The van der Waals surface area contributed by atoms with Gasteiger partial charge in [0.05, 0.1) is 23.6 Å². The van der Waals surface area contributed by atoms with Crippen molar-refractivity contribution in [2.45, 2.75) is 31.1 Å². The molecule has 8 nitrogen and oxygen atoms in total. The molecule has 32 heavy (non-hydrogen) atoms. The zero-order valence-corrected chi connectivity index (χ0v) is 19.8. The van der Waals surface area contributed by atoms with Gasteiger partial charge in [-0.15, -0.1) is 0 Å². The predicted octanol–water partition coefficient (Wildman–Crippen LogP) is 3.06. The van der Waals surface area contributed by atoms with Gasteiger partial charge in [-0.25, -0.2) is 12.7 Å². The number of ether oxygens (including phenoxy) is 1. The Morgan fingerprint density at radius 3 is 2.53 bits per heavy atom. The molecular formula is C23H29N3O5S. The van der Waals surface area contributed by atoms with Crippen LogP contribution in [0.25, 0.3) is 0 Å². The van der Waals surface area contributed by atoms with E-state index < -0.39 is 15.9 Å². The molecule has 0 unspecified atom stereocenters. The summed E-state index contributed by atoms with van der Waals surface area (Å²) in [4.78, 5) is 27.3. The molecule has 9 heteroatoms. The van der Waals surface area contributed by atoms with E-state index in [-0.39, 0.29) is 35.4 Å². The minimum absolute atomic E-state index is 0.0354. The van der Waals surface area contributed by atoms with Crippen LogP contribution in [0.15, 0.2) is 47.4 Å². The summed E-state index contributed by atoms with van der Waals surface area (Å²) in [5.41, 5.74) is 2.13. The molecule has 1 atom stereocenters. The first kappa shape index (κ1) is 23.7. The van der Waals surface area contributed by atoms with E-state index in [0.717, 1.165) is 15.6 Å². The molecule has 0 saturated carbocycles. The highest BCUT2D eigenvalue weighted by atomic mass is 32.2. The maximum atomic E-state index is 13.0. The van der Waals surface area contributed by atoms with Crippen LogP contribution in [-0.2, 0) is 19.6 Å². The molecule has 1 saturated heterocycles. The first-order valence-electron chi connectivity index (χ1n) is 10.4. The first-order valence-corrected chi connectivity index (χ1v) is 11.8. The van der Waals surface area contributed by atoms with E-state index in [9.17, 15) is 18.0 Å². The lowest BCUT2D eigenvalue weighted by atomic mass is 10.0. The van der Waals surface area contributed by atoms with Crippen LogP contribution in [0.4, 0.5) is 11.4 Å². The molecule has 1 N–H and O–H groups in total. The zero-order chi connectivity index (χ0) is 23.6. The van der Waals surface area contributed by atoms with Crippen LogP contribution in [0, 0.1) is 5.92 Å². The Morgan fingerprint density at radius 2 is 1.91 bits per heavy atom. The molecule has 1 aliphatic rings. The largest absolute Gasteiger partial charge is 0.495 e. The molecule has 0 spiro atoms. The molecule has 172 valence electrons. The number of carbonyl (C=O) groups excluding carboxylic acids is 2. The molecule has 1 fully saturated rings. The Balaban J connectivity index is 1.81. The van der Waals surface area contributed by atoms with E-state index >= 15 is 0 Å². The van der Waals surface area contributed by atoms with E-state index in [0.29, 0.717) is 11.7 Å². The van der Waals surface area contributed by atoms with Crippen LogP contribution in [0.5, 0.6) is 5.75 Å². The highest BCUT2D eigenvalue weighted by Crippen LogP contribution is 2.31. The summed E-state index contributed by atoms with van der Waals surface area (Å²) in [7, 11) is 0.629. The molecule has 0 aromatic heterocycles. The van der Waals surface area contributed by atoms with Gasteiger partial charge in [-0.2, -0.15) is 0 Å². The smallest absolute Gasteiger partial charge is 0.242 e. The van der Waals surface area contributed by atoms with E-state index in [1.54, 1.807) is 4.90 Å². The number of rotatable bonds is 7. The van der Waals surface area contributed by atoms with Crippen molar-refractivity contribution >= 4 is 33.2 Å². The number of benzene rings is 2. The number of carbonyl (C=O) groups is 2. The lowest BCUT2D eigenvalue weighted by Gasteiger charge is -2.19. The van der Waals surface area contributed by atoms with Crippen molar-refractivity contribution in [1.29, 1.82) is 0 Å². The Bertz CT molecular complexity index is 1130. The fraction of sp³-hybridized carbons (Fsp3) is 0.391. The summed E-state index contributed by atoms with van der Waals surface area (Å²) >= 11 is 0. The normalized spacial score (nSPS) is 16.7. The average Bonchev–Trinajstić information content (AvgIpc) is 3.15. The van der Waals surface area contributed by atoms with Crippen molar-refractivity contribution in [3.05, 3.63) is 48.0 Å². The molecule has 1 aliphatic heterocycles. The van der Waals surface area contributed by atoms with Crippen molar-refractivity contribution < 1.29 is 22.7 Å². The van der Waals surface area contributed by atoms with Crippen molar-refractivity contribution in [2.75, 3.05) is 38.0 Å². The molecule has 1 heterocycles. The first-order chi connectivity index (χ1) is 15.0. The third kappa shape index (κ3) is 4.78. The van der Waals surface area contributed by atoms with Gasteiger partial charge in [0, 0.05) is 32.7 Å². The fourth-order valence-electron chi connectivity index (χ4n) is 3.58. The van der Waals surface area contributed by atoms with Crippen LogP contribution in [0.2, 0.25) is 0 Å². The lowest BCUT2D eigenvalue weighted by Crippen LogP contribution is -2.28. The number of nitrogens with zero attached hydrogens (tertiary/aromatic N) is 2. The maximum absolute atomic E-state index is 13.0. The van der Waals surface area contributed by atoms with Crippen LogP contribution in [0.1, 0.15) is 31.7 Å². The fourth-order valence-corrected chi connectivity index (χ4v) is 4.50. The van der Waals surface area contributed by atoms with Crippen molar-refractivity contribution in [2.24, 2.45) is 5.92 Å². The number of hydrogen-bond donors (Lipinski definition) is 1. The number of hydrogen-bond acceptors (Lipinski definition) is 5. The second-order valence-corrected chi connectivity index (χ2v) is 10.4. The molecule has 2 aromatic carbocycles. The summed E-state index contributed by atoms with van der Waals surface area (Å²) < 4.78 is 31.3. The number of sulfonamides is 1. The highest BCUT2D eigenvalue weighted by Gasteiger charge is 2.35. The van der Waals surface area contributed by atoms with E-state index in [1.165, 1.54) is 39.4 Å². The monoisotopic (exact) mass is 459 g/mol. The third-order valence-corrected chi connectivity index (χ3v) is 7.36. The van der Waals surface area contributed by atoms with E-state index in [1.807, 2.05) is 24.3 Å². The second kappa shape index (κ2) is 9.30. The number of anilines is 2. The van der Waals surface area contributed by atoms with E-state index in [2.05, 4.69) is 19.2 Å². The summed E-state index contributed by atoms with van der Waals surface area (Å²) in [5.74, 6) is -0.392. The van der Waals surface area contributed by atoms with Crippen LogP contribution in [-0.4, -0.2) is 52.3 Å². The van der Waals surface area contributed by atoms with Crippen molar-refractivity contribution in [3.8, 4) is 5.75 Å². The molecular weight excluding hydrogens is 430 g/mol. The van der Waals surface area contributed by atoms with Gasteiger partial charge < -0.3 is 15.0 Å². The van der Waals surface area contributed by atoms with Gasteiger partial charge in [-0.05, 0) is 41.8 Å². The Morgan fingerprint density at radius 1 is 1.19 bits per heavy atom. The molecule has 3 rings (SSSR count). The van der Waals surface area contributed by atoms with Gasteiger partial charge >= 0.3 is 0 Å². The molecule has 2 aromatic rings. The van der Waals surface area contributed by atoms with E-state index in [4.69, 9.17) is 4.74 Å². The van der Waals surface area contributed by atoms with Gasteiger partial charge in [0.25, 0.3) is 0 Å². The second-order valence-electron chi connectivity index (χ2n) is 8.29. The Labute approximate surface area is 189 Å². The quantitative estimate of drug-likeness (QED) is 0.687. The lowest BCUT2D eigenvalue weighted by molar-refractivity contribution is -0.122. The SMILES string of the molecule is COc1ccc(S(=O)(=O)N(C)C)cc1NC(=O)[C@@H]1CC(=O)N(c2cccc(C(C)C)c2)C1. The van der Waals surface area contributed by atoms with Gasteiger partial charge in [0.2, 0.25) is 21.8 Å².